The number of nitro groups is 1. The van der Waals surface area contributed by atoms with Crippen LogP contribution in [0.4, 0.5) is 5.69 Å². The fraction of sp³-hybridized carbons (Fsp3) is 0.667. The molecule has 0 saturated heterocycles. The summed E-state index contributed by atoms with van der Waals surface area (Å²) >= 11 is 1.84. The van der Waals surface area contributed by atoms with Crippen molar-refractivity contribution in [2.45, 2.75) is 52.6 Å². The van der Waals surface area contributed by atoms with Crippen LogP contribution in [0.1, 0.15) is 45.6 Å². The molecule has 0 bridgehead atoms. The highest BCUT2D eigenvalue weighted by atomic mass is 32.2. The molecule has 0 aliphatic rings. The Bertz CT molecular complexity index is 606. The van der Waals surface area contributed by atoms with Gasteiger partial charge in [0.1, 0.15) is 0 Å². The zero-order valence-corrected chi connectivity index (χ0v) is 19.1. The monoisotopic (exact) mass is 423 g/mol. The van der Waals surface area contributed by atoms with E-state index in [2.05, 4.69) is 47.6 Å². The number of aliphatic imine (C=N–C) groups is 1. The maximum Gasteiger partial charge on any atom is 0.269 e. The zero-order valence-electron chi connectivity index (χ0n) is 18.3. The fourth-order valence-electron chi connectivity index (χ4n) is 2.94. The van der Waals surface area contributed by atoms with Crippen molar-refractivity contribution in [2.24, 2.45) is 4.99 Å². The first kappa shape index (κ1) is 25.2. The van der Waals surface area contributed by atoms with Gasteiger partial charge >= 0.3 is 0 Å². The Morgan fingerprint density at radius 2 is 1.93 bits per heavy atom. The summed E-state index contributed by atoms with van der Waals surface area (Å²) in [7, 11) is 0. The lowest BCUT2D eigenvalue weighted by atomic mass is 10.2. The lowest BCUT2D eigenvalue weighted by molar-refractivity contribution is -0.384. The predicted molar refractivity (Wildman–Crippen MR) is 125 cm³/mol. The number of nitrogens with zero attached hydrogens (tertiary/aromatic N) is 3. The van der Waals surface area contributed by atoms with E-state index in [1.165, 1.54) is 12.1 Å². The topological polar surface area (TPSA) is 82.8 Å². The number of benzene rings is 1. The fourth-order valence-corrected chi connectivity index (χ4v) is 3.37. The Hall–Kier alpha value is -1.80. The molecule has 0 heterocycles. The molecule has 1 rings (SSSR count). The summed E-state index contributed by atoms with van der Waals surface area (Å²) in [5, 5.41) is 17.7. The summed E-state index contributed by atoms with van der Waals surface area (Å²) in [4.78, 5) is 17.5. The van der Waals surface area contributed by atoms with E-state index in [9.17, 15) is 10.1 Å². The standard InChI is InChI=1S/C21H37N5O2S/c1-5-25(6-2)15-7-9-18(3)24-21(22-14-8-16-29-4)23-17-19-10-12-20(13-11-19)26(27)28/h10-13,18H,5-9,14-17H2,1-4H3,(H2,22,23,24). The van der Waals surface area contributed by atoms with Crippen molar-refractivity contribution >= 4 is 23.4 Å². The van der Waals surface area contributed by atoms with Gasteiger partial charge in [-0.05, 0) is 63.4 Å². The third-order valence-electron chi connectivity index (χ3n) is 4.77. The van der Waals surface area contributed by atoms with Gasteiger partial charge in [0, 0.05) is 24.7 Å². The average Bonchev–Trinajstić information content (AvgIpc) is 2.72. The Labute approximate surface area is 179 Å². The van der Waals surface area contributed by atoms with Gasteiger partial charge in [0.15, 0.2) is 5.96 Å². The van der Waals surface area contributed by atoms with Crippen LogP contribution in [0.3, 0.4) is 0 Å². The number of nitro benzene ring substituents is 1. The number of guanidine groups is 1. The molecular weight excluding hydrogens is 386 g/mol. The molecule has 29 heavy (non-hydrogen) atoms. The van der Waals surface area contributed by atoms with Crippen LogP contribution in [0, 0.1) is 10.1 Å². The molecule has 1 unspecified atom stereocenters. The molecule has 1 atom stereocenters. The van der Waals surface area contributed by atoms with Crippen molar-refractivity contribution in [1.29, 1.82) is 0 Å². The van der Waals surface area contributed by atoms with Gasteiger partial charge < -0.3 is 15.5 Å². The largest absolute Gasteiger partial charge is 0.356 e. The minimum atomic E-state index is -0.382. The zero-order chi connectivity index (χ0) is 21.5. The number of nitrogens with one attached hydrogen (secondary N) is 2. The molecule has 0 aromatic heterocycles. The molecule has 2 N–H and O–H groups in total. The van der Waals surface area contributed by atoms with Gasteiger partial charge in [-0.3, -0.25) is 10.1 Å². The molecule has 164 valence electrons. The van der Waals surface area contributed by atoms with E-state index in [-0.39, 0.29) is 10.6 Å². The maximum atomic E-state index is 10.8. The van der Waals surface area contributed by atoms with Crippen LogP contribution < -0.4 is 10.6 Å². The van der Waals surface area contributed by atoms with Gasteiger partial charge in [0.25, 0.3) is 5.69 Å². The Morgan fingerprint density at radius 3 is 2.52 bits per heavy atom. The summed E-state index contributed by atoms with van der Waals surface area (Å²) in [6.07, 6.45) is 5.42. The minimum absolute atomic E-state index is 0.105. The van der Waals surface area contributed by atoms with Gasteiger partial charge in [-0.2, -0.15) is 11.8 Å². The van der Waals surface area contributed by atoms with Gasteiger partial charge in [-0.25, -0.2) is 4.99 Å². The smallest absolute Gasteiger partial charge is 0.269 e. The second-order valence-electron chi connectivity index (χ2n) is 7.08. The van der Waals surface area contributed by atoms with E-state index >= 15 is 0 Å². The minimum Gasteiger partial charge on any atom is -0.356 e. The predicted octanol–water partition coefficient (Wildman–Crippen LogP) is 3.89. The Kier molecular flexibility index (Phi) is 13.1. The Morgan fingerprint density at radius 1 is 1.24 bits per heavy atom. The van der Waals surface area contributed by atoms with Gasteiger partial charge in [-0.15, -0.1) is 0 Å². The van der Waals surface area contributed by atoms with Gasteiger partial charge in [0.05, 0.1) is 11.5 Å². The highest BCUT2D eigenvalue weighted by Gasteiger charge is 2.08. The van der Waals surface area contributed by atoms with Gasteiger partial charge in [0.2, 0.25) is 0 Å². The van der Waals surface area contributed by atoms with Crippen LogP contribution >= 0.6 is 11.8 Å². The molecule has 0 radical (unpaired) electrons. The van der Waals surface area contributed by atoms with Crippen molar-refractivity contribution in [3.63, 3.8) is 0 Å². The lowest BCUT2D eigenvalue weighted by Crippen LogP contribution is -2.43. The van der Waals surface area contributed by atoms with Crippen molar-refractivity contribution in [3.05, 3.63) is 39.9 Å². The van der Waals surface area contributed by atoms with Crippen LogP contribution in [-0.4, -0.2) is 60.0 Å². The third kappa shape index (κ3) is 11.1. The van der Waals surface area contributed by atoms with E-state index in [0.29, 0.717) is 12.6 Å². The van der Waals surface area contributed by atoms with Crippen LogP contribution in [0.25, 0.3) is 0 Å². The van der Waals surface area contributed by atoms with Crippen molar-refractivity contribution in [3.8, 4) is 0 Å². The van der Waals surface area contributed by atoms with E-state index in [0.717, 1.165) is 62.7 Å². The molecule has 1 aromatic rings. The van der Waals surface area contributed by atoms with Crippen molar-refractivity contribution in [1.82, 2.24) is 15.5 Å². The summed E-state index contributed by atoms with van der Waals surface area (Å²) in [6, 6.07) is 6.91. The first-order valence-corrected chi connectivity index (χ1v) is 11.9. The van der Waals surface area contributed by atoms with Crippen molar-refractivity contribution < 1.29 is 4.92 Å². The molecule has 0 aliphatic carbocycles. The SMILES string of the molecule is CCN(CC)CCCC(C)NC(=NCc1ccc([N+](=O)[O-])cc1)NCCCSC. The summed E-state index contributed by atoms with van der Waals surface area (Å²) in [5.41, 5.74) is 1.06. The lowest BCUT2D eigenvalue weighted by Gasteiger charge is -2.21. The highest BCUT2D eigenvalue weighted by molar-refractivity contribution is 7.98. The number of hydrogen-bond donors (Lipinski definition) is 2. The third-order valence-corrected chi connectivity index (χ3v) is 5.47. The molecule has 0 fully saturated rings. The summed E-state index contributed by atoms with van der Waals surface area (Å²) < 4.78 is 0. The molecular formula is C21H37N5O2S. The second kappa shape index (κ2) is 15.1. The van der Waals surface area contributed by atoms with Crippen molar-refractivity contribution in [2.75, 3.05) is 38.2 Å². The normalized spacial score (nSPS) is 12.8. The van der Waals surface area contributed by atoms with E-state index in [1.807, 2.05) is 11.8 Å². The molecule has 0 amide bonds. The number of non-ortho nitro benzene ring substituents is 1. The molecule has 0 spiro atoms. The summed E-state index contributed by atoms with van der Waals surface area (Å²) in [5.74, 6) is 1.92. The maximum absolute atomic E-state index is 10.8. The van der Waals surface area contributed by atoms with Crippen LogP contribution in [-0.2, 0) is 6.54 Å². The number of thioether (sulfide) groups is 1. The van der Waals surface area contributed by atoms with Crippen LogP contribution in [0.5, 0.6) is 0 Å². The Balaban J connectivity index is 2.61. The van der Waals surface area contributed by atoms with Crippen LogP contribution in [0.15, 0.2) is 29.3 Å². The van der Waals surface area contributed by atoms with E-state index in [1.54, 1.807) is 12.1 Å². The quantitative estimate of drug-likeness (QED) is 0.155. The highest BCUT2D eigenvalue weighted by Crippen LogP contribution is 2.12. The molecule has 0 aliphatic heterocycles. The van der Waals surface area contributed by atoms with Gasteiger partial charge in [-0.1, -0.05) is 26.0 Å². The van der Waals surface area contributed by atoms with E-state index < -0.39 is 0 Å². The first-order valence-electron chi connectivity index (χ1n) is 10.5. The number of hydrogen-bond acceptors (Lipinski definition) is 5. The number of rotatable bonds is 14. The summed E-state index contributed by atoms with van der Waals surface area (Å²) in [6.45, 7) is 11.3. The second-order valence-corrected chi connectivity index (χ2v) is 8.06. The average molecular weight is 424 g/mol. The van der Waals surface area contributed by atoms with Crippen LogP contribution in [0.2, 0.25) is 0 Å². The molecule has 7 nitrogen and oxygen atoms in total. The molecule has 8 heteroatoms. The molecule has 1 aromatic carbocycles. The molecule has 0 saturated carbocycles. The van der Waals surface area contributed by atoms with E-state index in [4.69, 9.17) is 0 Å². The first-order chi connectivity index (χ1) is 14.0.